The van der Waals surface area contributed by atoms with Crippen molar-refractivity contribution in [1.82, 2.24) is 15.1 Å². The molecule has 1 saturated carbocycles. The SMILES string of the molecule is CN(CC1(N(C)C)CCC1)C(=O)C1CCCN1. The maximum atomic E-state index is 12.2. The molecule has 1 aliphatic carbocycles. The van der Waals surface area contributed by atoms with Crippen molar-refractivity contribution in [2.45, 2.75) is 43.7 Å². The van der Waals surface area contributed by atoms with Crippen molar-refractivity contribution in [2.75, 3.05) is 34.2 Å². The number of likely N-dealkylation sites (N-methyl/N-ethyl adjacent to an activating group) is 2. The topological polar surface area (TPSA) is 35.6 Å². The molecule has 1 N–H and O–H groups in total. The molecule has 4 nitrogen and oxygen atoms in total. The fraction of sp³-hybridized carbons (Fsp3) is 0.923. The molecule has 2 fully saturated rings. The lowest BCUT2D eigenvalue weighted by molar-refractivity contribution is -0.134. The first-order chi connectivity index (χ1) is 8.05. The number of amides is 1. The highest BCUT2D eigenvalue weighted by Gasteiger charge is 2.41. The summed E-state index contributed by atoms with van der Waals surface area (Å²) in [4.78, 5) is 16.5. The minimum atomic E-state index is 0.0688. The summed E-state index contributed by atoms with van der Waals surface area (Å²) >= 11 is 0. The first-order valence-electron chi connectivity index (χ1n) is 6.71. The molecular weight excluding hydrogens is 214 g/mol. The van der Waals surface area contributed by atoms with Gasteiger partial charge in [0.15, 0.2) is 0 Å². The summed E-state index contributed by atoms with van der Waals surface area (Å²) in [6.45, 7) is 1.86. The van der Waals surface area contributed by atoms with Crippen LogP contribution in [-0.4, -0.2) is 61.5 Å². The Kier molecular flexibility index (Phi) is 3.73. The predicted molar refractivity (Wildman–Crippen MR) is 68.9 cm³/mol. The van der Waals surface area contributed by atoms with Gasteiger partial charge in [0.05, 0.1) is 6.04 Å². The summed E-state index contributed by atoms with van der Waals surface area (Å²) in [6, 6.07) is 0.0688. The van der Waals surface area contributed by atoms with Crippen LogP contribution < -0.4 is 5.32 Å². The molecule has 2 rings (SSSR count). The van der Waals surface area contributed by atoms with E-state index in [-0.39, 0.29) is 17.5 Å². The van der Waals surface area contributed by atoms with Crippen molar-refractivity contribution in [3.63, 3.8) is 0 Å². The Balaban J connectivity index is 1.91. The Morgan fingerprint density at radius 2 is 2.00 bits per heavy atom. The average Bonchev–Trinajstić information content (AvgIpc) is 2.74. The Morgan fingerprint density at radius 1 is 1.29 bits per heavy atom. The molecule has 2 aliphatic rings. The van der Waals surface area contributed by atoms with E-state index < -0.39 is 0 Å². The van der Waals surface area contributed by atoms with Gasteiger partial charge in [-0.1, -0.05) is 0 Å². The first-order valence-corrected chi connectivity index (χ1v) is 6.71. The maximum Gasteiger partial charge on any atom is 0.239 e. The Bertz CT molecular complexity index is 280. The van der Waals surface area contributed by atoms with Gasteiger partial charge in [-0.15, -0.1) is 0 Å². The van der Waals surface area contributed by atoms with Gasteiger partial charge in [-0.2, -0.15) is 0 Å². The molecule has 1 amide bonds. The van der Waals surface area contributed by atoms with E-state index in [2.05, 4.69) is 24.3 Å². The maximum absolute atomic E-state index is 12.2. The van der Waals surface area contributed by atoms with Gasteiger partial charge >= 0.3 is 0 Å². The van der Waals surface area contributed by atoms with Gasteiger partial charge in [0, 0.05) is 19.1 Å². The summed E-state index contributed by atoms with van der Waals surface area (Å²) in [5.41, 5.74) is 0.239. The van der Waals surface area contributed by atoms with E-state index >= 15 is 0 Å². The van der Waals surface area contributed by atoms with Gasteiger partial charge in [0.2, 0.25) is 5.91 Å². The second-order valence-corrected chi connectivity index (χ2v) is 5.82. The Hall–Kier alpha value is -0.610. The van der Waals surface area contributed by atoms with E-state index in [1.54, 1.807) is 0 Å². The quantitative estimate of drug-likeness (QED) is 0.784. The van der Waals surface area contributed by atoms with Crippen molar-refractivity contribution in [2.24, 2.45) is 0 Å². The summed E-state index contributed by atoms with van der Waals surface area (Å²) in [5.74, 6) is 0.274. The van der Waals surface area contributed by atoms with E-state index in [0.29, 0.717) is 0 Å². The third kappa shape index (κ3) is 2.47. The van der Waals surface area contributed by atoms with Crippen LogP contribution in [0.2, 0.25) is 0 Å². The molecule has 1 atom stereocenters. The van der Waals surface area contributed by atoms with Crippen molar-refractivity contribution in [3.05, 3.63) is 0 Å². The summed E-state index contributed by atoms with van der Waals surface area (Å²) < 4.78 is 0. The van der Waals surface area contributed by atoms with Crippen LogP contribution in [-0.2, 0) is 4.79 Å². The van der Waals surface area contributed by atoms with Crippen LogP contribution in [0.15, 0.2) is 0 Å². The van der Waals surface area contributed by atoms with E-state index in [0.717, 1.165) is 25.9 Å². The standard InChI is InChI=1S/C13H25N3O/c1-15(2)13(7-5-8-13)10-16(3)12(17)11-6-4-9-14-11/h11,14H,4-10H2,1-3H3. The zero-order valence-corrected chi connectivity index (χ0v) is 11.3. The molecule has 1 heterocycles. The fourth-order valence-corrected chi connectivity index (χ4v) is 3.01. The molecule has 1 saturated heterocycles. The Labute approximate surface area is 104 Å². The molecule has 17 heavy (non-hydrogen) atoms. The van der Waals surface area contributed by atoms with Crippen LogP contribution in [0.3, 0.4) is 0 Å². The number of carbonyl (C=O) groups is 1. The van der Waals surface area contributed by atoms with Gasteiger partial charge < -0.3 is 15.1 Å². The lowest BCUT2D eigenvalue weighted by Gasteiger charge is -2.49. The summed E-state index contributed by atoms with van der Waals surface area (Å²) in [5, 5.41) is 3.28. The molecule has 4 heteroatoms. The predicted octanol–water partition coefficient (Wildman–Crippen LogP) is 0.681. The second kappa shape index (κ2) is 4.94. The highest BCUT2D eigenvalue weighted by Crippen LogP contribution is 2.36. The average molecular weight is 239 g/mol. The third-order valence-electron chi connectivity index (χ3n) is 4.50. The Morgan fingerprint density at radius 3 is 2.41 bits per heavy atom. The van der Waals surface area contributed by atoms with Gasteiger partial charge in [-0.05, 0) is 52.7 Å². The van der Waals surface area contributed by atoms with Gasteiger partial charge in [-0.25, -0.2) is 0 Å². The summed E-state index contributed by atoms with van der Waals surface area (Å²) in [6.07, 6.45) is 5.86. The van der Waals surface area contributed by atoms with Crippen LogP contribution in [0, 0.1) is 0 Å². The van der Waals surface area contributed by atoms with E-state index in [4.69, 9.17) is 0 Å². The third-order valence-corrected chi connectivity index (χ3v) is 4.50. The summed E-state index contributed by atoms with van der Waals surface area (Å²) in [7, 11) is 6.21. The molecule has 0 bridgehead atoms. The van der Waals surface area contributed by atoms with Gasteiger partial charge in [0.1, 0.15) is 0 Å². The lowest BCUT2D eigenvalue weighted by Crippen LogP contribution is -2.58. The number of nitrogens with zero attached hydrogens (tertiary/aromatic N) is 2. The van der Waals surface area contributed by atoms with Crippen LogP contribution >= 0.6 is 0 Å². The molecule has 0 aromatic carbocycles. The zero-order valence-electron chi connectivity index (χ0n) is 11.3. The minimum Gasteiger partial charge on any atom is -0.343 e. The molecule has 0 radical (unpaired) electrons. The van der Waals surface area contributed by atoms with Crippen LogP contribution in [0.5, 0.6) is 0 Å². The largest absolute Gasteiger partial charge is 0.343 e. The molecular formula is C13H25N3O. The van der Waals surface area contributed by atoms with E-state index in [9.17, 15) is 4.79 Å². The molecule has 0 aromatic rings. The number of hydrogen-bond donors (Lipinski definition) is 1. The fourth-order valence-electron chi connectivity index (χ4n) is 3.01. The van der Waals surface area contributed by atoms with Crippen LogP contribution in [0.25, 0.3) is 0 Å². The highest BCUT2D eigenvalue weighted by atomic mass is 16.2. The zero-order chi connectivity index (χ0) is 12.5. The minimum absolute atomic E-state index is 0.0688. The van der Waals surface area contributed by atoms with Crippen molar-refractivity contribution < 1.29 is 4.79 Å². The number of nitrogens with one attached hydrogen (secondary N) is 1. The van der Waals surface area contributed by atoms with Crippen molar-refractivity contribution >= 4 is 5.91 Å². The molecule has 0 aromatic heterocycles. The molecule has 1 unspecified atom stereocenters. The van der Waals surface area contributed by atoms with Crippen LogP contribution in [0.1, 0.15) is 32.1 Å². The normalized spacial score (nSPS) is 26.9. The van der Waals surface area contributed by atoms with E-state index in [1.165, 1.54) is 19.3 Å². The van der Waals surface area contributed by atoms with E-state index in [1.807, 2.05) is 11.9 Å². The molecule has 1 aliphatic heterocycles. The number of rotatable bonds is 4. The monoisotopic (exact) mass is 239 g/mol. The van der Waals surface area contributed by atoms with Gasteiger partial charge in [0.25, 0.3) is 0 Å². The molecule has 98 valence electrons. The smallest absolute Gasteiger partial charge is 0.239 e. The van der Waals surface area contributed by atoms with Crippen molar-refractivity contribution in [1.29, 1.82) is 0 Å². The van der Waals surface area contributed by atoms with Crippen molar-refractivity contribution in [3.8, 4) is 0 Å². The first kappa shape index (κ1) is 12.8. The molecule has 0 spiro atoms. The second-order valence-electron chi connectivity index (χ2n) is 5.82. The van der Waals surface area contributed by atoms with Crippen LogP contribution in [0.4, 0.5) is 0 Å². The highest BCUT2D eigenvalue weighted by molar-refractivity contribution is 5.82. The number of carbonyl (C=O) groups excluding carboxylic acids is 1. The van der Waals surface area contributed by atoms with Gasteiger partial charge in [-0.3, -0.25) is 4.79 Å². The number of hydrogen-bond acceptors (Lipinski definition) is 3. The lowest BCUT2D eigenvalue weighted by atomic mass is 9.75.